The van der Waals surface area contributed by atoms with Crippen molar-refractivity contribution in [2.75, 3.05) is 6.54 Å². The lowest BCUT2D eigenvalue weighted by Gasteiger charge is -2.23. The molecule has 3 rings (SSSR count). The number of ketones is 2. The Morgan fingerprint density at radius 3 is 2.61 bits per heavy atom. The number of nitrogens with zero attached hydrogens (tertiary/aromatic N) is 2. The summed E-state index contributed by atoms with van der Waals surface area (Å²) in [5, 5.41) is 2.59. The van der Waals surface area contributed by atoms with E-state index in [-0.39, 0.29) is 23.7 Å². The van der Waals surface area contributed by atoms with Crippen LogP contribution < -0.4 is 10.0 Å². The number of fused-ring (bicyclic) bond motifs is 2. The average molecular weight is 473 g/mol. The van der Waals surface area contributed by atoms with E-state index in [0.717, 1.165) is 0 Å². The molecule has 10 heteroatoms. The molecule has 1 amide bonds. The van der Waals surface area contributed by atoms with Gasteiger partial charge in [0.2, 0.25) is 15.8 Å². The molecule has 33 heavy (non-hydrogen) atoms. The molecule has 0 spiro atoms. The lowest BCUT2D eigenvalue weighted by molar-refractivity contribution is -0.141. The fourth-order valence-electron chi connectivity index (χ4n) is 3.68. The zero-order chi connectivity index (χ0) is 24.0. The van der Waals surface area contributed by atoms with E-state index in [4.69, 9.17) is 0 Å². The van der Waals surface area contributed by atoms with Crippen molar-refractivity contribution in [3.05, 3.63) is 54.1 Å². The molecule has 0 fully saturated rings. The average Bonchev–Trinajstić information content (AvgIpc) is 2.80. The number of benzene rings is 1. The van der Waals surface area contributed by atoms with Crippen molar-refractivity contribution in [1.29, 1.82) is 0 Å². The first-order valence-corrected chi connectivity index (χ1v) is 12.4. The van der Waals surface area contributed by atoms with E-state index >= 15 is 0 Å². The van der Waals surface area contributed by atoms with Gasteiger partial charge in [-0.2, -0.15) is 0 Å². The molecule has 1 aliphatic rings. The molecule has 2 aromatic rings. The minimum atomic E-state index is -3.94. The van der Waals surface area contributed by atoms with E-state index in [1.54, 1.807) is 44.3 Å². The fraction of sp³-hybridized carbons (Fsp3) is 0.435. The fourth-order valence-corrected chi connectivity index (χ4v) is 5.07. The number of hydrogen-bond acceptors (Lipinski definition) is 7. The summed E-state index contributed by atoms with van der Waals surface area (Å²) in [5.41, 5.74) is 0.562. The summed E-state index contributed by atoms with van der Waals surface area (Å²) in [5.74, 6) is -2.63. The van der Waals surface area contributed by atoms with Crippen LogP contribution in [0.5, 0.6) is 0 Å². The van der Waals surface area contributed by atoms with Gasteiger partial charge in [-0.25, -0.2) is 23.1 Å². The summed E-state index contributed by atoms with van der Waals surface area (Å²) in [6, 6.07) is 8.37. The Morgan fingerprint density at radius 1 is 1.18 bits per heavy atom. The van der Waals surface area contributed by atoms with Crippen LogP contribution in [0.25, 0.3) is 0 Å². The van der Waals surface area contributed by atoms with Gasteiger partial charge in [0.05, 0.1) is 10.9 Å². The van der Waals surface area contributed by atoms with Gasteiger partial charge in [-0.05, 0) is 30.5 Å². The maximum atomic E-state index is 13.2. The highest BCUT2D eigenvalue weighted by atomic mass is 32.2. The highest BCUT2D eigenvalue weighted by Gasteiger charge is 2.34. The Balaban J connectivity index is 1.83. The molecule has 0 radical (unpaired) electrons. The van der Waals surface area contributed by atoms with Crippen molar-refractivity contribution in [2.45, 2.75) is 50.5 Å². The molecule has 2 bridgehead atoms. The minimum absolute atomic E-state index is 0.0439. The van der Waals surface area contributed by atoms with E-state index in [1.165, 1.54) is 12.1 Å². The third-order valence-corrected chi connectivity index (χ3v) is 6.93. The molecule has 9 nitrogen and oxygen atoms in total. The summed E-state index contributed by atoms with van der Waals surface area (Å²) in [4.78, 5) is 47.1. The van der Waals surface area contributed by atoms with Crippen molar-refractivity contribution >= 4 is 27.5 Å². The first kappa shape index (κ1) is 24.7. The number of aromatic nitrogens is 2. The van der Waals surface area contributed by atoms with Gasteiger partial charge >= 0.3 is 0 Å². The second-order valence-corrected chi connectivity index (χ2v) is 10.1. The zero-order valence-corrected chi connectivity index (χ0v) is 19.5. The topological polar surface area (TPSA) is 135 Å². The van der Waals surface area contributed by atoms with E-state index < -0.39 is 39.5 Å². The predicted molar refractivity (Wildman–Crippen MR) is 121 cm³/mol. The van der Waals surface area contributed by atoms with Crippen LogP contribution in [0.2, 0.25) is 0 Å². The van der Waals surface area contributed by atoms with Crippen molar-refractivity contribution in [3.8, 4) is 0 Å². The second kappa shape index (κ2) is 10.8. The van der Waals surface area contributed by atoms with Gasteiger partial charge in [0.25, 0.3) is 5.91 Å². The molecule has 0 saturated heterocycles. The maximum Gasteiger partial charge on any atom is 0.287 e. The normalized spacial score (nSPS) is 18.3. The standard InChI is InChI=1S/C23H28N4O5S/c1-15(2)21(27-33(31,32)18-7-4-3-5-8-18)19(28)14-16-13-17-10-12-24-20(26-17)9-6-11-25-23(30)22(16)29/h3-5,7-8,10,12,15-16,21,27H,6,9,11,13-14H2,1-2H3,(H,25,30). The van der Waals surface area contributed by atoms with E-state index in [1.807, 2.05) is 0 Å². The Hall–Kier alpha value is -2.98. The molecule has 1 aromatic heterocycles. The Labute approximate surface area is 193 Å². The van der Waals surface area contributed by atoms with Gasteiger partial charge in [-0.15, -0.1) is 0 Å². The van der Waals surface area contributed by atoms with Gasteiger partial charge in [-0.1, -0.05) is 32.0 Å². The number of sulfonamides is 1. The SMILES string of the molecule is CC(C)C(NS(=O)(=O)c1ccccc1)C(=O)CC1Cc2ccnc(n2)CCCNC(=O)C1=O. The summed E-state index contributed by atoms with van der Waals surface area (Å²) >= 11 is 0. The Kier molecular flexibility index (Phi) is 8.04. The molecule has 2 unspecified atom stereocenters. The van der Waals surface area contributed by atoms with Crippen molar-refractivity contribution in [2.24, 2.45) is 11.8 Å². The van der Waals surface area contributed by atoms with Crippen LogP contribution in [0, 0.1) is 11.8 Å². The molecule has 176 valence electrons. The lowest BCUT2D eigenvalue weighted by atomic mass is 9.87. The van der Waals surface area contributed by atoms with Crippen molar-refractivity contribution in [1.82, 2.24) is 20.0 Å². The van der Waals surface area contributed by atoms with Crippen LogP contribution in [0.3, 0.4) is 0 Å². The number of nitrogens with one attached hydrogen (secondary N) is 2. The quantitative estimate of drug-likeness (QED) is 0.579. The third-order valence-electron chi connectivity index (χ3n) is 5.47. The van der Waals surface area contributed by atoms with Crippen molar-refractivity contribution in [3.63, 3.8) is 0 Å². The Bertz CT molecular complexity index is 1120. The number of aryl methyl sites for hydroxylation is 1. The smallest absolute Gasteiger partial charge is 0.287 e. The highest BCUT2D eigenvalue weighted by Crippen LogP contribution is 2.19. The van der Waals surface area contributed by atoms with Crippen molar-refractivity contribution < 1.29 is 22.8 Å². The molecular formula is C23H28N4O5S. The highest BCUT2D eigenvalue weighted by molar-refractivity contribution is 7.89. The van der Waals surface area contributed by atoms with Crippen LogP contribution >= 0.6 is 0 Å². The van der Waals surface area contributed by atoms with E-state index in [0.29, 0.717) is 30.9 Å². The van der Waals surface area contributed by atoms with Gasteiger partial charge in [0.1, 0.15) is 5.82 Å². The second-order valence-electron chi connectivity index (χ2n) is 8.42. The zero-order valence-electron chi connectivity index (χ0n) is 18.7. The molecule has 2 atom stereocenters. The first-order chi connectivity index (χ1) is 15.7. The number of carbonyl (C=O) groups is 3. The molecule has 1 aromatic carbocycles. The number of hydrogen-bond donors (Lipinski definition) is 2. The molecule has 2 heterocycles. The van der Waals surface area contributed by atoms with Gasteiger partial charge < -0.3 is 5.32 Å². The first-order valence-electron chi connectivity index (χ1n) is 10.9. The molecule has 0 aliphatic carbocycles. The number of Topliss-reactive ketones (excluding diaryl/α,β-unsaturated/α-hetero) is 2. The van der Waals surface area contributed by atoms with Crippen LogP contribution in [-0.2, 0) is 37.2 Å². The van der Waals surface area contributed by atoms with Crippen LogP contribution in [0.1, 0.15) is 38.2 Å². The van der Waals surface area contributed by atoms with Gasteiger partial charge in [-0.3, -0.25) is 14.4 Å². The largest absolute Gasteiger partial charge is 0.349 e. The van der Waals surface area contributed by atoms with Gasteiger partial charge in [0, 0.05) is 43.6 Å². The third kappa shape index (κ3) is 6.52. The molecule has 1 aliphatic heterocycles. The molecular weight excluding hydrogens is 444 g/mol. The molecule has 0 saturated carbocycles. The number of rotatable bonds is 7. The summed E-state index contributed by atoms with van der Waals surface area (Å²) in [6.45, 7) is 3.74. The summed E-state index contributed by atoms with van der Waals surface area (Å²) in [6.07, 6.45) is 2.54. The van der Waals surface area contributed by atoms with Crippen LogP contribution in [0.4, 0.5) is 0 Å². The molecule has 2 N–H and O–H groups in total. The van der Waals surface area contributed by atoms with Crippen LogP contribution in [-0.4, -0.2) is 48.4 Å². The number of carbonyl (C=O) groups excluding carboxylic acids is 3. The Morgan fingerprint density at radius 2 is 1.91 bits per heavy atom. The minimum Gasteiger partial charge on any atom is -0.349 e. The van der Waals surface area contributed by atoms with E-state index in [2.05, 4.69) is 20.0 Å². The summed E-state index contributed by atoms with van der Waals surface area (Å²) in [7, 11) is -3.94. The van der Waals surface area contributed by atoms with Crippen LogP contribution in [0.15, 0.2) is 47.5 Å². The van der Waals surface area contributed by atoms with E-state index in [9.17, 15) is 22.8 Å². The van der Waals surface area contributed by atoms with Gasteiger partial charge in [0.15, 0.2) is 5.78 Å². The predicted octanol–water partition coefficient (Wildman–Crippen LogP) is 1.23. The number of amides is 1. The maximum absolute atomic E-state index is 13.2. The monoisotopic (exact) mass is 472 g/mol. The summed E-state index contributed by atoms with van der Waals surface area (Å²) < 4.78 is 28.1. The lowest BCUT2D eigenvalue weighted by Crippen LogP contribution is -2.46.